The maximum Gasteiger partial charge on any atom is 0.244 e. The predicted molar refractivity (Wildman–Crippen MR) is 122 cm³/mol. The molecule has 4 rings (SSSR count). The first-order valence-electron chi connectivity index (χ1n) is 10.4. The fraction of sp³-hybridized carbons (Fsp3) is 0.364. The molecule has 1 aromatic carbocycles. The number of nitrogens with one attached hydrogen (secondary N) is 1. The first-order valence-corrected chi connectivity index (χ1v) is 11.4. The van der Waals surface area contributed by atoms with Crippen LogP contribution in [0.4, 0.5) is 5.82 Å². The van der Waals surface area contributed by atoms with Crippen LogP contribution in [-0.4, -0.2) is 51.0 Å². The quantitative estimate of drug-likeness (QED) is 0.341. The van der Waals surface area contributed by atoms with Gasteiger partial charge in [0.15, 0.2) is 10.8 Å². The van der Waals surface area contributed by atoms with E-state index < -0.39 is 0 Å². The second-order valence-electron chi connectivity index (χ2n) is 7.10. The van der Waals surface area contributed by atoms with Gasteiger partial charge in [0.05, 0.1) is 18.1 Å². The molecule has 1 aliphatic rings. The molecule has 1 amide bonds. The summed E-state index contributed by atoms with van der Waals surface area (Å²) in [4.78, 5) is 24.0. The van der Waals surface area contributed by atoms with E-state index in [2.05, 4.69) is 22.2 Å². The van der Waals surface area contributed by atoms with Crippen LogP contribution >= 0.6 is 11.8 Å². The highest BCUT2D eigenvalue weighted by molar-refractivity contribution is 7.99. The number of carbonyl (C=O) groups is 1. The van der Waals surface area contributed by atoms with Gasteiger partial charge in [-0.1, -0.05) is 49.0 Å². The number of hydrogen-bond acceptors (Lipinski definition) is 6. The second-order valence-corrected chi connectivity index (χ2v) is 8.33. The molecular formula is C22H26N6OS. The second kappa shape index (κ2) is 9.75. The van der Waals surface area contributed by atoms with Gasteiger partial charge >= 0.3 is 0 Å². The van der Waals surface area contributed by atoms with E-state index in [1.165, 1.54) is 12.8 Å². The molecule has 7 nitrogen and oxygen atoms in total. The highest BCUT2D eigenvalue weighted by Crippen LogP contribution is 2.29. The van der Waals surface area contributed by atoms with Gasteiger partial charge < -0.3 is 10.2 Å². The van der Waals surface area contributed by atoms with Gasteiger partial charge in [-0.15, -0.1) is 0 Å². The van der Waals surface area contributed by atoms with Crippen molar-refractivity contribution in [3.05, 3.63) is 48.2 Å². The summed E-state index contributed by atoms with van der Waals surface area (Å²) < 4.78 is 1.86. The molecule has 0 radical (unpaired) electrons. The Balaban J connectivity index is 1.45. The Bertz CT molecular complexity index is 1030. The molecule has 8 heteroatoms. The minimum Gasteiger partial charge on any atom is -0.356 e. The Morgan fingerprint density at radius 3 is 2.77 bits per heavy atom. The lowest BCUT2D eigenvalue weighted by Gasteiger charge is -2.17. The molecular weight excluding hydrogens is 396 g/mol. The molecule has 1 fully saturated rings. The molecule has 156 valence electrons. The van der Waals surface area contributed by atoms with E-state index in [4.69, 9.17) is 9.97 Å². The van der Waals surface area contributed by atoms with Crippen LogP contribution in [0.15, 0.2) is 47.8 Å². The van der Waals surface area contributed by atoms with Crippen molar-refractivity contribution in [2.45, 2.75) is 31.5 Å². The van der Waals surface area contributed by atoms with Gasteiger partial charge in [0, 0.05) is 25.7 Å². The molecule has 1 saturated heterocycles. The van der Waals surface area contributed by atoms with E-state index in [0.717, 1.165) is 46.4 Å². The topological polar surface area (TPSA) is 75.9 Å². The van der Waals surface area contributed by atoms with Crippen molar-refractivity contribution >= 4 is 40.6 Å². The number of fused-ring (bicyclic) bond motifs is 1. The number of nitrogens with zero attached hydrogens (tertiary/aromatic N) is 5. The van der Waals surface area contributed by atoms with E-state index >= 15 is 0 Å². The minimum atomic E-state index is -0.120. The predicted octanol–water partition coefficient (Wildman–Crippen LogP) is 3.37. The first kappa shape index (κ1) is 20.4. The van der Waals surface area contributed by atoms with E-state index in [-0.39, 0.29) is 5.91 Å². The summed E-state index contributed by atoms with van der Waals surface area (Å²) in [5.41, 5.74) is 1.83. The van der Waals surface area contributed by atoms with Crippen molar-refractivity contribution in [1.82, 2.24) is 25.1 Å². The summed E-state index contributed by atoms with van der Waals surface area (Å²) in [5, 5.41) is 9.21. The summed E-state index contributed by atoms with van der Waals surface area (Å²) in [6, 6.07) is 9.77. The fourth-order valence-corrected chi connectivity index (χ4v) is 4.09. The molecule has 3 heterocycles. The van der Waals surface area contributed by atoms with Crippen molar-refractivity contribution in [1.29, 1.82) is 0 Å². The maximum atomic E-state index is 12.1. The molecule has 2 aromatic heterocycles. The average Bonchev–Trinajstić information content (AvgIpc) is 3.43. The highest BCUT2D eigenvalue weighted by Gasteiger charge is 2.20. The number of aromatic nitrogens is 4. The third-order valence-corrected chi connectivity index (χ3v) is 5.71. The van der Waals surface area contributed by atoms with Crippen molar-refractivity contribution in [2.24, 2.45) is 0 Å². The summed E-state index contributed by atoms with van der Waals surface area (Å²) in [6.45, 7) is 5.19. The molecule has 0 atom stereocenters. The van der Waals surface area contributed by atoms with Crippen LogP contribution in [0.1, 0.15) is 25.3 Å². The molecule has 0 spiro atoms. The van der Waals surface area contributed by atoms with Crippen molar-refractivity contribution < 1.29 is 4.79 Å². The van der Waals surface area contributed by atoms with Crippen LogP contribution in [0.2, 0.25) is 0 Å². The van der Waals surface area contributed by atoms with E-state index in [0.29, 0.717) is 13.1 Å². The van der Waals surface area contributed by atoms with Crippen LogP contribution in [0.25, 0.3) is 17.1 Å². The lowest BCUT2D eigenvalue weighted by atomic mass is 10.2. The number of thioether (sulfide) groups is 1. The molecule has 1 aliphatic heterocycles. The smallest absolute Gasteiger partial charge is 0.244 e. The van der Waals surface area contributed by atoms with Gasteiger partial charge in [0.2, 0.25) is 5.91 Å². The molecule has 0 unspecified atom stereocenters. The number of rotatable bonds is 8. The molecule has 30 heavy (non-hydrogen) atoms. The maximum absolute atomic E-state index is 12.1. The Morgan fingerprint density at radius 2 is 2.00 bits per heavy atom. The molecule has 0 saturated carbocycles. The van der Waals surface area contributed by atoms with Crippen molar-refractivity contribution in [2.75, 3.05) is 30.3 Å². The zero-order valence-electron chi connectivity index (χ0n) is 17.1. The lowest BCUT2D eigenvalue weighted by molar-refractivity contribution is -0.116. The van der Waals surface area contributed by atoms with Gasteiger partial charge in [0.1, 0.15) is 5.82 Å². The normalized spacial score (nSPS) is 14.1. The Morgan fingerprint density at radius 1 is 1.20 bits per heavy atom. The van der Waals surface area contributed by atoms with Gasteiger partial charge in [-0.05, 0) is 30.2 Å². The lowest BCUT2D eigenvalue weighted by Crippen LogP contribution is -2.26. The zero-order valence-corrected chi connectivity index (χ0v) is 17.9. The standard InChI is InChI=1S/C22H26N6OS/c1-2-30-22-25-20(27-13-6-7-14-27)18-16-24-28(21(18)26-22)15-12-23-19(29)11-10-17-8-4-3-5-9-17/h3-5,8-11,16H,2,6-7,12-15H2,1H3,(H,23,29). The van der Waals surface area contributed by atoms with Crippen LogP contribution < -0.4 is 10.2 Å². The van der Waals surface area contributed by atoms with Crippen LogP contribution in [0.5, 0.6) is 0 Å². The zero-order chi connectivity index (χ0) is 20.8. The molecule has 3 aromatic rings. The average molecular weight is 423 g/mol. The summed E-state index contributed by atoms with van der Waals surface area (Å²) in [6.07, 6.45) is 7.60. The van der Waals surface area contributed by atoms with E-state index in [1.54, 1.807) is 17.8 Å². The van der Waals surface area contributed by atoms with Gasteiger partial charge in [-0.3, -0.25) is 4.79 Å². The van der Waals surface area contributed by atoms with Crippen molar-refractivity contribution in [3.8, 4) is 0 Å². The number of amides is 1. The van der Waals surface area contributed by atoms with Crippen LogP contribution in [0.3, 0.4) is 0 Å². The van der Waals surface area contributed by atoms with Gasteiger partial charge in [0.25, 0.3) is 0 Å². The Labute approximate surface area is 180 Å². The first-order chi connectivity index (χ1) is 14.7. The van der Waals surface area contributed by atoms with Crippen LogP contribution in [0, 0.1) is 0 Å². The third kappa shape index (κ3) is 4.81. The van der Waals surface area contributed by atoms with Crippen molar-refractivity contribution in [3.63, 3.8) is 0 Å². The van der Waals surface area contributed by atoms with Gasteiger partial charge in [-0.25, -0.2) is 14.6 Å². The molecule has 1 N–H and O–H groups in total. The number of hydrogen-bond donors (Lipinski definition) is 1. The monoisotopic (exact) mass is 422 g/mol. The highest BCUT2D eigenvalue weighted by atomic mass is 32.2. The number of carbonyl (C=O) groups excluding carboxylic acids is 1. The SMILES string of the molecule is CCSc1nc(N2CCCC2)c2cnn(CCNC(=O)C=Cc3ccccc3)c2n1. The van der Waals surface area contributed by atoms with E-state index in [1.807, 2.05) is 47.3 Å². The fourth-order valence-electron chi connectivity index (χ4n) is 3.53. The largest absolute Gasteiger partial charge is 0.356 e. The summed E-state index contributed by atoms with van der Waals surface area (Å²) in [7, 11) is 0. The van der Waals surface area contributed by atoms with Crippen LogP contribution in [-0.2, 0) is 11.3 Å². The number of benzene rings is 1. The minimum absolute atomic E-state index is 0.120. The number of anilines is 1. The third-order valence-electron chi connectivity index (χ3n) is 4.98. The summed E-state index contributed by atoms with van der Waals surface area (Å²) >= 11 is 1.64. The van der Waals surface area contributed by atoms with Gasteiger partial charge in [-0.2, -0.15) is 5.10 Å². The van der Waals surface area contributed by atoms with E-state index in [9.17, 15) is 4.79 Å². The molecule has 0 aliphatic carbocycles. The molecule has 0 bridgehead atoms. The Hall–Kier alpha value is -2.87. The summed E-state index contributed by atoms with van der Waals surface area (Å²) in [5.74, 6) is 1.78. The Kier molecular flexibility index (Phi) is 6.63.